The summed E-state index contributed by atoms with van der Waals surface area (Å²) in [5, 5.41) is 5.09. The van der Waals surface area contributed by atoms with E-state index in [9.17, 15) is 14.4 Å². The van der Waals surface area contributed by atoms with Crippen molar-refractivity contribution in [1.29, 1.82) is 0 Å². The van der Waals surface area contributed by atoms with E-state index in [1.54, 1.807) is 42.1 Å². The summed E-state index contributed by atoms with van der Waals surface area (Å²) in [7, 11) is 0. The van der Waals surface area contributed by atoms with E-state index in [1.807, 2.05) is 30.5 Å². The molecule has 0 heterocycles. The second-order valence-electron chi connectivity index (χ2n) is 5.51. The molecule has 0 aliphatic rings. The average molecular weight is 384 g/mol. The number of benzene rings is 2. The monoisotopic (exact) mass is 384 g/mol. The predicted molar refractivity (Wildman–Crippen MR) is 106 cm³/mol. The van der Waals surface area contributed by atoms with Gasteiger partial charge in [-0.05, 0) is 36.1 Å². The summed E-state index contributed by atoms with van der Waals surface area (Å²) in [6.45, 7) is 0.825. The Morgan fingerprint density at radius 3 is 2.48 bits per heavy atom. The fourth-order valence-corrected chi connectivity index (χ4v) is 2.62. The molecule has 0 bridgehead atoms. The number of rotatable bonds is 7. The molecule has 0 saturated carbocycles. The molecule has 2 aromatic carbocycles. The summed E-state index contributed by atoms with van der Waals surface area (Å²) >= 11 is 1.55. The van der Waals surface area contributed by atoms with E-state index in [1.165, 1.54) is 13.0 Å². The predicted octanol–water partition coefficient (Wildman–Crippen LogP) is 3.07. The molecule has 2 N–H and O–H groups in total. The van der Waals surface area contributed by atoms with Gasteiger partial charge >= 0.3 is 5.97 Å². The van der Waals surface area contributed by atoms with Gasteiger partial charge in [-0.1, -0.05) is 36.4 Å². The van der Waals surface area contributed by atoms with Crippen molar-refractivity contribution in [3.05, 3.63) is 65.9 Å². The van der Waals surface area contributed by atoms with Crippen molar-refractivity contribution in [2.24, 2.45) is 0 Å². The van der Waals surface area contributed by atoms with Crippen molar-refractivity contribution in [1.82, 2.24) is 5.32 Å². The molecule has 0 fully saturated rings. The topological polar surface area (TPSA) is 84.5 Å². The van der Waals surface area contributed by atoms with E-state index in [2.05, 4.69) is 10.6 Å². The van der Waals surface area contributed by atoms with Gasteiger partial charge in [-0.25, -0.2) is 4.79 Å². The summed E-state index contributed by atoms with van der Waals surface area (Å²) in [6, 6.07) is 16.3. The summed E-state index contributed by atoms with van der Waals surface area (Å²) in [6.07, 6.45) is 3.43. The highest BCUT2D eigenvalue weighted by Crippen LogP contribution is 2.18. The number of amides is 2. The minimum absolute atomic E-state index is 0.0362. The van der Waals surface area contributed by atoms with Gasteiger partial charge in [0.05, 0.1) is 0 Å². The third-order valence-corrected chi connectivity index (χ3v) is 4.05. The minimum atomic E-state index is -0.790. The van der Waals surface area contributed by atoms with Gasteiger partial charge in [-0.2, -0.15) is 0 Å². The normalized spacial score (nSPS) is 10.8. The van der Waals surface area contributed by atoms with Crippen LogP contribution < -0.4 is 10.6 Å². The van der Waals surface area contributed by atoms with Crippen molar-refractivity contribution >= 4 is 41.3 Å². The Hall–Kier alpha value is -3.06. The number of thioether (sulfide) groups is 1. The molecule has 0 unspecified atom stereocenters. The zero-order chi connectivity index (χ0) is 19.6. The maximum absolute atomic E-state index is 12.3. The summed E-state index contributed by atoms with van der Waals surface area (Å²) in [5.74, 6) is -1.67. The van der Waals surface area contributed by atoms with E-state index >= 15 is 0 Å². The third-order valence-electron chi connectivity index (χ3n) is 3.33. The highest BCUT2D eigenvalue weighted by atomic mass is 32.2. The first-order valence-corrected chi connectivity index (χ1v) is 9.36. The molecule has 0 atom stereocenters. The van der Waals surface area contributed by atoms with Crippen LogP contribution in [-0.4, -0.2) is 30.6 Å². The molecule has 140 valence electrons. The van der Waals surface area contributed by atoms with Gasteiger partial charge < -0.3 is 15.4 Å². The second kappa shape index (κ2) is 10.2. The average Bonchev–Trinajstić information content (AvgIpc) is 2.66. The molecule has 0 aliphatic carbocycles. The maximum Gasteiger partial charge on any atom is 0.355 e. The van der Waals surface area contributed by atoms with Crippen molar-refractivity contribution in [3.63, 3.8) is 0 Å². The lowest BCUT2D eigenvalue weighted by Gasteiger charge is -2.10. The SMILES string of the molecule is CSc1cccc(NC(=O)COC(=O)/C(=C\c2ccccc2)NC(C)=O)c1. The summed E-state index contributed by atoms with van der Waals surface area (Å²) < 4.78 is 5.03. The highest BCUT2D eigenvalue weighted by Gasteiger charge is 2.15. The number of hydrogen-bond acceptors (Lipinski definition) is 5. The third kappa shape index (κ3) is 6.99. The van der Waals surface area contributed by atoms with Crippen LogP contribution in [0.4, 0.5) is 5.69 Å². The molecule has 0 aromatic heterocycles. The molecular weight excluding hydrogens is 364 g/mol. The fourth-order valence-electron chi connectivity index (χ4n) is 2.16. The Morgan fingerprint density at radius 1 is 1.07 bits per heavy atom. The number of esters is 1. The molecule has 2 aromatic rings. The molecule has 0 saturated heterocycles. The quantitative estimate of drug-likeness (QED) is 0.435. The number of carbonyl (C=O) groups is 3. The number of anilines is 1. The van der Waals surface area contributed by atoms with Gasteiger partial charge in [0, 0.05) is 17.5 Å². The van der Waals surface area contributed by atoms with Gasteiger partial charge in [0.1, 0.15) is 5.70 Å². The van der Waals surface area contributed by atoms with Gasteiger partial charge in [-0.3, -0.25) is 9.59 Å². The standard InChI is InChI=1S/C20H20N2O4S/c1-14(23)21-18(11-15-7-4-3-5-8-15)20(25)26-13-19(24)22-16-9-6-10-17(12-16)27-2/h3-12H,13H2,1-2H3,(H,21,23)(H,22,24)/b18-11+. The van der Waals surface area contributed by atoms with Crippen molar-refractivity contribution in [3.8, 4) is 0 Å². The fraction of sp³-hybridized carbons (Fsp3) is 0.150. The lowest BCUT2D eigenvalue weighted by atomic mass is 10.2. The van der Waals surface area contributed by atoms with Crippen LogP contribution in [-0.2, 0) is 19.1 Å². The maximum atomic E-state index is 12.3. The van der Waals surface area contributed by atoms with Crippen molar-refractivity contribution in [2.45, 2.75) is 11.8 Å². The molecule has 0 radical (unpaired) electrons. The minimum Gasteiger partial charge on any atom is -0.451 e. The van der Waals surface area contributed by atoms with Crippen LogP contribution in [0, 0.1) is 0 Å². The summed E-state index contributed by atoms with van der Waals surface area (Å²) in [5.41, 5.74) is 1.30. The molecule has 0 aliphatic heterocycles. The van der Waals surface area contributed by atoms with Crippen LogP contribution in [0.5, 0.6) is 0 Å². The molecular formula is C20H20N2O4S. The van der Waals surface area contributed by atoms with Crippen molar-refractivity contribution < 1.29 is 19.1 Å². The number of nitrogens with one attached hydrogen (secondary N) is 2. The van der Waals surface area contributed by atoms with Crippen LogP contribution in [0.1, 0.15) is 12.5 Å². The van der Waals surface area contributed by atoms with Gasteiger partial charge in [-0.15, -0.1) is 11.8 Å². The van der Waals surface area contributed by atoms with Gasteiger partial charge in [0.25, 0.3) is 5.91 Å². The molecule has 0 spiro atoms. The van der Waals surface area contributed by atoms with E-state index in [-0.39, 0.29) is 5.70 Å². The summed E-state index contributed by atoms with van der Waals surface area (Å²) in [4.78, 5) is 36.6. The largest absolute Gasteiger partial charge is 0.451 e. The second-order valence-corrected chi connectivity index (χ2v) is 6.39. The first-order valence-electron chi connectivity index (χ1n) is 8.13. The lowest BCUT2D eigenvalue weighted by Crippen LogP contribution is -2.28. The van der Waals surface area contributed by atoms with E-state index in [0.717, 1.165) is 10.5 Å². The van der Waals surface area contributed by atoms with Crippen LogP contribution in [0.15, 0.2) is 65.2 Å². The Balaban J connectivity index is 1.99. The van der Waals surface area contributed by atoms with E-state index in [0.29, 0.717) is 5.69 Å². The Bertz CT molecular complexity index is 850. The lowest BCUT2D eigenvalue weighted by molar-refractivity contribution is -0.144. The molecule has 6 nitrogen and oxygen atoms in total. The molecule has 2 rings (SSSR count). The van der Waals surface area contributed by atoms with Crippen LogP contribution in [0.3, 0.4) is 0 Å². The highest BCUT2D eigenvalue weighted by molar-refractivity contribution is 7.98. The van der Waals surface area contributed by atoms with Crippen LogP contribution in [0.2, 0.25) is 0 Å². The Labute approximate surface area is 162 Å². The molecule has 7 heteroatoms. The zero-order valence-electron chi connectivity index (χ0n) is 15.0. The Morgan fingerprint density at radius 2 is 1.81 bits per heavy atom. The zero-order valence-corrected chi connectivity index (χ0v) is 15.8. The van der Waals surface area contributed by atoms with Gasteiger partial charge in [0.15, 0.2) is 6.61 Å². The number of ether oxygens (including phenoxy) is 1. The number of hydrogen-bond donors (Lipinski definition) is 2. The van der Waals surface area contributed by atoms with E-state index in [4.69, 9.17) is 4.74 Å². The number of carbonyl (C=O) groups excluding carboxylic acids is 3. The molecule has 2 amide bonds. The van der Waals surface area contributed by atoms with E-state index < -0.39 is 24.4 Å². The first kappa shape index (κ1) is 20.3. The Kier molecular flexibility index (Phi) is 7.63. The molecule has 27 heavy (non-hydrogen) atoms. The van der Waals surface area contributed by atoms with Crippen LogP contribution in [0.25, 0.3) is 6.08 Å². The van der Waals surface area contributed by atoms with Crippen LogP contribution >= 0.6 is 11.8 Å². The van der Waals surface area contributed by atoms with Gasteiger partial charge in [0.2, 0.25) is 5.91 Å². The van der Waals surface area contributed by atoms with Crippen molar-refractivity contribution in [2.75, 3.05) is 18.2 Å². The first-order chi connectivity index (χ1) is 13.0. The smallest absolute Gasteiger partial charge is 0.355 e.